The van der Waals surface area contributed by atoms with Gasteiger partial charge in [0.2, 0.25) is 0 Å². The lowest BCUT2D eigenvalue weighted by atomic mass is 10.0. The van der Waals surface area contributed by atoms with E-state index in [1.165, 1.54) is 11.3 Å². The monoisotopic (exact) mass is 344 g/mol. The van der Waals surface area contributed by atoms with Gasteiger partial charge in [0.05, 0.1) is 27.1 Å². The van der Waals surface area contributed by atoms with Gasteiger partial charge in [-0.25, -0.2) is 4.68 Å². The second-order valence-electron chi connectivity index (χ2n) is 5.42. The highest BCUT2D eigenvalue weighted by Gasteiger charge is 2.23. The van der Waals surface area contributed by atoms with Crippen LogP contribution in [0.15, 0.2) is 42.7 Å². The van der Waals surface area contributed by atoms with Crippen molar-refractivity contribution in [1.82, 2.24) is 20.1 Å². The van der Waals surface area contributed by atoms with Crippen LogP contribution in [0.5, 0.6) is 0 Å². The Morgan fingerprint density at radius 1 is 1.09 bits per heavy atom. The first kappa shape index (κ1) is 14.7. The molecule has 1 aliphatic rings. The first-order valence-electron chi connectivity index (χ1n) is 7.42. The molecule has 0 atom stereocenters. The van der Waals surface area contributed by atoms with E-state index < -0.39 is 0 Å². The fourth-order valence-corrected chi connectivity index (χ4v) is 3.32. The molecule has 1 N–H and O–H groups in total. The molecule has 4 nitrogen and oxygen atoms in total. The molecule has 0 spiro atoms. The van der Waals surface area contributed by atoms with Crippen molar-refractivity contribution in [2.75, 3.05) is 6.54 Å². The summed E-state index contributed by atoms with van der Waals surface area (Å²) < 4.78 is 1.93. The van der Waals surface area contributed by atoms with Crippen molar-refractivity contribution in [3.05, 3.63) is 64.0 Å². The molecule has 0 amide bonds. The second-order valence-corrected chi connectivity index (χ2v) is 6.21. The minimum absolute atomic E-state index is 0.527. The molecule has 116 valence electrons. The van der Waals surface area contributed by atoms with E-state index in [0.29, 0.717) is 10.0 Å². The summed E-state index contributed by atoms with van der Waals surface area (Å²) in [6, 6.07) is 9.57. The molecule has 0 saturated heterocycles. The summed E-state index contributed by atoms with van der Waals surface area (Å²) in [6.45, 7) is 1.72. The van der Waals surface area contributed by atoms with Gasteiger partial charge in [0.15, 0.2) is 0 Å². The molecule has 0 saturated carbocycles. The summed E-state index contributed by atoms with van der Waals surface area (Å²) in [7, 11) is 0. The Hall–Kier alpha value is -1.88. The van der Waals surface area contributed by atoms with E-state index in [0.717, 1.165) is 36.5 Å². The van der Waals surface area contributed by atoms with E-state index in [-0.39, 0.29) is 0 Å². The zero-order chi connectivity index (χ0) is 15.8. The molecule has 0 radical (unpaired) electrons. The zero-order valence-electron chi connectivity index (χ0n) is 12.3. The summed E-state index contributed by atoms with van der Waals surface area (Å²) in [4.78, 5) is 4.08. The predicted octanol–water partition coefficient (Wildman–Crippen LogP) is 3.89. The zero-order valence-corrected chi connectivity index (χ0v) is 13.8. The average Bonchev–Trinajstić information content (AvgIpc) is 2.98. The van der Waals surface area contributed by atoms with E-state index in [2.05, 4.69) is 10.3 Å². The molecule has 0 bridgehead atoms. The molecule has 3 heterocycles. The Labute approximate surface area is 144 Å². The van der Waals surface area contributed by atoms with Crippen molar-refractivity contribution in [3.8, 4) is 16.9 Å². The standard InChI is InChI=1S/C17H14Cl2N4/c18-13-2-1-3-15(16(13)19)23-14-6-9-21-10-12(14)17(22-23)11-4-7-20-8-5-11/h1-5,7-8,21H,6,9-10H2. The van der Waals surface area contributed by atoms with Gasteiger partial charge >= 0.3 is 0 Å². The highest BCUT2D eigenvalue weighted by molar-refractivity contribution is 6.43. The van der Waals surface area contributed by atoms with E-state index in [4.69, 9.17) is 28.3 Å². The van der Waals surface area contributed by atoms with Crippen LogP contribution in [0.4, 0.5) is 0 Å². The van der Waals surface area contributed by atoms with Gasteiger partial charge in [0, 0.05) is 43.0 Å². The minimum atomic E-state index is 0.527. The maximum absolute atomic E-state index is 6.41. The van der Waals surface area contributed by atoms with Crippen LogP contribution in [0.2, 0.25) is 10.0 Å². The number of fused-ring (bicyclic) bond motifs is 1. The van der Waals surface area contributed by atoms with Crippen LogP contribution in [0.1, 0.15) is 11.3 Å². The van der Waals surface area contributed by atoms with Crippen molar-refractivity contribution in [2.24, 2.45) is 0 Å². The maximum Gasteiger partial charge on any atom is 0.0976 e. The van der Waals surface area contributed by atoms with Crippen molar-refractivity contribution < 1.29 is 0 Å². The first-order valence-corrected chi connectivity index (χ1v) is 8.17. The van der Waals surface area contributed by atoms with Gasteiger partial charge in [0.25, 0.3) is 0 Å². The number of hydrogen-bond acceptors (Lipinski definition) is 3. The maximum atomic E-state index is 6.41. The predicted molar refractivity (Wildman–Crippen MR) is 92.2 cm³/mol. The number of hydrogen-bond donors (Lipinski definition) is 1. The number of nitrogens with one attached hydrogen (secondary N) is 1. The van der Waals surface area contributed by atoms with Crippen LogP contribution in [-0.4, -0.2) is 21.3 Å². The van der Waals surface area contributed by atoms with Gasteiger partial charge in [-0.3, -0.25) is 4.98 Å². The van der Waals surface area contributed by atoms with Crippen molar-refractivity contribution in [3.63, 3.8) is 0 Å². The quantitative estimate of drug-likeness (QED) is 0.766. The molecule has 0 unspecified atom stereocenters. The van der Waals surface area contributed by atoms with Crippen LogP contribution in [0, 0.1) is 0 Å². The third-order valence-corrected chi connectivity index (χ3v) is 4.85. The Morgan fingerprint density at radius 3 is 2.74 bits per heavy atom. The summed E-state index contributed by atoms with van der Waals surface area (Å²) in [5.74, 6) is 0. The highest BCUT2D eigenvalue weighted by Crippen LogP contribution is 2.33. The first-order chi connectivity index (χ1) is 11.3. The van der Waals surface area contributed by atoms with Crippen LogP contribution in [-0.2, 0) is 13.0 Å². The number of aromatic nitrogens is 3. The van der Waals surface area contributed by atoms with Gasteiger partial charge in [-0.2, -0.15) is 5.10 Å². The van der Waals surface area contributed by atoms with Crippen LogP contribution >= 0.6 is 23.2 Å². The lowest BCUT2D eigenvalue weighted by Crippen LogP contribution is -2.24. The summed E-state index contributed by atoms with van der Waals surface area (Å²) >= 11 is 12.6. The number of benzene rings is 1. The smallest absolute Gasteiger partial charge is 0.0976 e. The van der Waals surface area contributed by atoms with E-state index in [1.54, 1.807) is 18.5 Å². The molecular formula is C17H14Cl2N4. The topological polar surface area (TPSA) is 42.7 Å². The number of nitrogens with zero attached hydrogens (tertiary/aromatic N) is 3. The fourth-order valence-electron chi connectivity index (χ4n) is 2.94. The lowest BCUT2D eigenvalue weighted by Gasteiger charge is -2.16. The van der Waals surface area contributed by atoms with Gasteiger partial charge in [-0.15, -0.1) is 0 Å². The molecule has 4 rings (SSSR count). The lowest BCUT2D eigenvalue weighted by molar-refractivity contribution is 0.623. The van der Waals surface area contributed by atoms with E-state index >= 15 is 0 Å². The number of pyridine rings is 1. The Morgan fingerprint density at radius 2 is 1.91 bits per heavy atom. The SMILES string of the molecule is Clc1cccc(-n2nc(-c3ccncc3)c3c2CCNC3)c1Cl. The molecular weight excluding hydrogens is 331 g/mol. The van der Waals surface area contributed by atoms with Crippen molar-refractivity contribution in [1.29, 1.82) is 0 Å². The summed E-state index contributed by atoms with van der Waals surface area (Å²) in [5, 5.41) is 9.32. The van der Waals surface area contributed by atoms with Crippen molar-refractivity contribution >= 4 is 23.2 Å². The molecule has 0 aliphatic carbocycles. The Balaban J connectivity index is 1.95. The molecule has 6 heteroatoms. The second kappa shape index (κ2) is 5.96. The average molecular weight is 345 g/mol. The van der Waals surface area contributed by atoms with Crippen LogP contribution < -0.4 is 5.32 Å². The summed E-state index contributed by atoms with van der Waals surface area (Å²) in [6.07, 6.45) is 4.46. The molecule has 1 aromatic carbocycles. The highest BCUT2D eigenvalue weighted by atomic mass is 35.5. The Kier molecular flexibility index (Phi) is 3.81. The third kappa shape index (κ3) is 2.53. The van der Waals surface area contributed by atoms with Gasteiger partial charge < -0.3 is 5.32 Å². The number of halogens is 2. The summed E-state index contributed by atoms with van der Waals surface area (Å²) in [5.41, 5.74) is 5.22. The van der Waals surface area contributed by atoms with Crippen LogP contribution in [0.3, 0.4) is 0 Å². The van der Waals surface area contributed by atoms with Gasteiger partial charge in [0.1, 0.15) is 0 Å². The molecule has 1 aliphatic heterocycles. The molecule has 2 aromatic heterocycles. The van der Waals surface area contributed by atoms with E-state index in [9.17, 15) is 0 Å². The number of rotatable bonds is 2. The minimum Gasteiger partial charge on any atom is -0.312 e. The largest absolute Gasteiger partial charge is 0.312 e. The van der Waals surface area contributed by atoms with Crippen LogP contribution in [0.25, 0.3) is 16.9 Å². The molecule has 23 heavy (non-hydrogen) atoms. The third-order valence-electron chi connectivity index (χ3n) is 4.04. The van der Waals surface area contributed by atoms with Gasteiger partial charge in [-0.05, 0) is 24.3 Å². The van der Waals surface area contributed by atoms with Gasteiger partial charge in [-0.1, -0.05) is 29.3 Å². The normalized spacial score (nSPS) is 13.8. The molecule has 3 aromatic rings. The van der Waals surface area contributed by atoms with E-state index in [1.807, 2.05) is 28.9 Å². The van der Waals surface area contributed by atoms with Crippen molar-refractivity contribution in [2.45, 2.75) is 13.0 Å². The fraction of sp³-hybridized carbons (Fsp3) is 0.176. The Bertz CT molecular complexity index is 859. The molecule has 0 fully saturated rings.